The lowest BCUT2D eigenvalue weighted by Gasteiger charge is -2.17. The van der Waals surface area contributed by atoms with Crippen molar-refractivity contribution in [1.82, 2.24) is 4.72 Å². The van der Waals surface area contributed by atoms with Gasteiger partial charge in [0.25, 0.3) is 0 Å². The minimum atomic E-state index is -3.86. The summed E-state index contributed by atoms with van der Waals surface area (Å²) < 4.78 is 31.0. The number of carboxylic acids is 1. The molecule has 8 nitrogen and oxygen atoms in total. The Morgan fingerprint density at radius 3 is 2.64 bits per heavy atom. The molecule has 0 aliphatic carbocycles. The zero-order chi connectivity index (χ0) is 16.8. The van der Waals surface area contributed by atoms with Crippen LogP contribution in [0.4, 0.5) is 5.69 Å². The number of carbonyl (C=O) groups is 1. The van der Waals surface area contributed by atoms with Crippen molar-refractivity contribution in [2.45, 2.75) is 17.9 Å². The summed E-state index contributed by atoms with van der Waals surface area (Å²) in [5.41, 5.74) is 0.146. The lowest BCUT2D eigenvalue weighted by atomic mass is 10.1. The first kappa shape index (κ1) is 18.4. The molecule has 0 saturated carbocycles. The lowest BCUT2D eigenvalue weighted by molar-refractivity contribution is 0.0697. The van der Waals surface area contributed by atoms with Gasteiger partial charge in [-0.2, -0.15) is 0 Å². The van der Waals surface area contributed by atoms with E-state index in [1.165, 1.54) is 19.2 Å². The summed E-state index contributed by atoms with van der Waals surface area (Å²) >= 11 is 0. The van der Waals surface area contributed by atoms with Crippen LogP contribution in [0.3, 0.4) is 0 Å². The summed E-state index contributed by atoms with van der Waals surface area (Å²) in [6.07, 6.45) is 0. The zero-order valence-corrected chi connectivity index (χ0v) is 13.2. The summed E-state index contributed by atoms with van der Waals surface area (Å²) in [4.78, 5) is 11.2. The molecule has 1 aromatic carbocycles. The molecule has 0 saturated heterocycles. The third-order valence-corrected chi connectivity index (χ3v) is 4.21. The predicted octanol–water partition coefficient (Wildman–Crippen LogP) is 0.102. The topological polar surface area (TPSA) is 125 Å². The minimum absolute atomic E-state index is 0.141. The van der Waals surface area contributed by atoms with Crippen molar-refractivity contribution in [3.05, 3.63) is 23.8 Å². The van der Waals surface area contributed by atoms with Crippen LogP contribution in [-0.2, 0) is 14.8 Å². The van der Waals surface area contributed by atoms with Crippen LogP contribution in [-0.4, -0.2) is 57.5 Å². The number of carboxylic acid groups (broad SMARTS) is 1. The van der Waals surface area contributed by atoms with Crippen molar-refractivity contribution >= 4 is 21.7 Å². The Morgan fingerprint density at radius 1 is 1.41 bits per heavy atom. The summed E-state index contributed by atoms with van der Waals surface area (Å²) in [5, 5.41) is 20.9. The molecule has 0 aromatic heterocycles. The van der Waals surface area contributed by atoms with Crippen LogP contribution < -0.4 is 10.0 Å². The second-order valence-electron chi connectivity index (χ2n) is 4.63. The quantitative estimate of drug-likeness (QED) is 0.505. The van der Waals surface area contributed by atoms with Crippen molar-refractivity contribution in [3.8, 4) is 0 Å². The van der Waals surface area contributed by atoms with E-state index in [4.69, 9.17) is 9.84 Å². The number of ether oxygens (including phenoxy) is 1. The molecule has 0 heterocycles. The van der Waals surface area contributed by atoms with Gasteiger partial charge in [-0.15, -0.1) is 0 Å². The number of aliphatic hydroxyl groups is 1. The molecule has 9 heteroatoms. The van der Waals surface area contributed by atoms with Crippen LogP contribution in [0.1, 0.15) is 17.3 Å². The Bertz CT molecular complexity index is 617. The second-order valence-corrected chi connectivity index (χ2v) is 6.40. The van der Waals surface area contributed by atoms with E-state index in [1.54, 1.807) is 0 Å². The monoisotopic (exact) mass is 332 g/mol. The first-order valence-corrected chi connectivity index (χ1v) is 8.03. The van der Waals surface area contributed by atoms with E-state index in [-0.39, 0.29) is 29.7 Å². The van der Waals surface area contributed by atoms with Crippen molar-refractivity contribution in [1.29, 1.82) is 0 Å². The molecule has 0 bridgehead atoms. The summed E-state index contributed by atoms with van der Waals surface area (Å²) in [6.45, 7) is 1.69. The number of benzene rings is 1. The maximum Gasteiger partial charge on any atom is 0.337 e. The summed E-state index contributed by atoms with van der Waals surface area (Å²) in [7, 11) is -2.33. The van der Waals surface area contributed by atoms with Gasteiger partial charge in [0.2, 0.25) is 10.0 Å². The maximum atomic E-state index is 11.9. The number of hydrogen-bond acceptors (Lipinski definition) is 6. The van der Waals surface area contributed by atoms with Crippen LogP contribution in [0.15, 0.2) is 23.1 Å². The van der Waals surface area contributed by atoms with E-state index in [1.807, 2.05) is 6.92 Å². The Morgan fingerprint density at radius 2 is 2.09 bits per heavy atom. The molecule has 124 valence electrons. The number of hydrogen-bond donors (Lipinski definition) is 4. The van der Waals surface area contributed by atoms with E-state index in [0.29, 0.717) is 12.3 Å². The highest BCUT2D eigenvalue weighted by Gasteiger charge is 2.19. The van der Waals surface area contributed by atoms with E-state index in [9.17, 15) is 18.3 Å². The molecule has 0 aliphatic rings. The Labute approximate surface area is 129 Å². The van der Waals surface area contributed by atoms with Crippen LogP contribution in [0.25, 0.3) is 0 Å². The van der Waals surface area contributed by atoms with E-state index < -0.39 is 16.0 Å². The molecule has 4 N–H and O–H groups in total. The lowest BCUT2D eigenvalue weighted by Crippen LogP contribution is -2.27. The normalized spacial score (nSPS) is 12.9. The molecule has 1 unspecified atom stereocenters. The van der Waals surface area contributed by atoms with Gasteiger partial charge in [-0.3, -0.25) is 0 Å². The smallest absolute Gasteiger partial charge is 0.337 e. The fraction of sp³-hybridized carbons (Fsp3) is 0.462. The molecule has 0 aliphatic heterocycles. The van der Waals surface area contributed by atoms with Gasteiger partial charge in [0.05, 0.1) is 23.7 Å². The van der Waals surface area contributed by atoms with Crippen molar-refractivity contribution in [3.63, 3.8) is 0 Å². The van der Waals surface area contributed by atoms with E-state index >= 15 is 0 Å². The fourth-order valence-corrected chi connectivity index (χ4v) is 2.86. The average Bonchev–Trinajstić information content (AvgIpc) is 2.45. The minimum Gasteiger partial charge on any atom is -0.478 e. The Kier molecular flexibility index (Phi) is 6.75. The van der Waals surface area contributed by atoms with Crippen molar-refractivity contribution < 1.29 is 28.2 Å². The number of nitrogens with one attached hydrogen (secondary N) is 2. The predicted molar refractivity (Wildman–Crippen MR) is 80.6 cm³/mol. The number of methoxy groups -OCH3 is 1. The molecule has 1 aromatic rings. The number of aromatic carboxylic acids is 1. The molecule has 0 fully saturated rings. The Balaban J connectivity index is 3.12. The SMILES string of the molecule is COCC(C)Nc1ccc(S(=O)(=O)NCCO)cc1C(=O)O. The molecule has 0 spiro atoms. The molecular weight excluding hydrogens is 312 g/mol. The van der Waals surface area contributed by atoms with Crippen LogP contribution in [0, 0.1) is 0 Å². The molecule has 0 amide bonds. The molecule has 22 heavy (non-hydrogen) atoms. The van der Waals surface area contributed by atoms with Gasteiger partial charge in [-0.05, 0) is 25.1 Å². The summed E-state index contributed by atoms with van der Waals surface area (Å²) in [5.74, 6) is -1.24. The third-order valence-electron chi connectivity index (χ3n) is 2.75. The highest BCUT2D eigenvalue weighted by atomic mass is 32.2. The van der Waals surface area contributed by atoms with Gasteiger partial charge in [0.15, 0.2) is 0 Å². The van der Waals surface area contributed by atoms with Gasteiger partial charge in [-0.25, -0.2) is 17.9 Å². The highest BCUT2D eigenvalue weighted by molar-refractivity contribution is 7.89. The van der Waals surface area contributed by atoms with Gasteiger partial charge in [0, 0.05) is 25.4 Å². The largest absolute Gasteiger partial charge is 0.478 e. The fourth-order valence-electron chi connectivity index (χ4n) is 1.81. The van der Waals surface area contributed by atoms with Crippen LogP contribution in [0.5, 0.6) is 0 Å². The van der Waals surface area contributed by atoms with Gasteiger partial charge in [-0.1, -0.05) is 0 Å². The first-order valence-electron chi connectivity index (χ1n) is 6.55. The standard InChI is InChI=1S/C13H20N2O6S/c1-9(8-21-2)15-12-4-3-10(7-11(12)13(17)18)22(19,20)14-5-6-16/h3-4,7,9,14-16H,5-6,8H2,1-2H3,(H,17,18). The summed E-state index contributed by atoms with van der Waals surface area (Å²) in [6, 6.07) is 3.62. The number of aliphatic hydroxyl groups excluding tert-OH is 1. The van der Waals surface area contributed by atoms with Crippen molar-refractivity contribution in [2.75, 3.05) is 32.2 Å². The van der Waals surface area contributed by atoms with Gasteiger partial charge < -0.3 is 20.3 Å². The van der Waals surface area contributed by atoms with Crippen molar-refractivity contribution in [2.24, 2.45) is 0 Å². The zero-order valence-electron chi connectivity index (χ0n) is 12.4. The maximum absolute atomic E-state index is 11.9. The number of rotatable bonds is 9. The number of sulfonamides is 1. The molecule has 0 radical (unpaired) electrons. The van der Waals surface area contributed by atoms with Crippen LogP contribution >= 0.6 is 0 Å². The van der Waals surface area contributed by atoms with Gasteiger partial charge >= 0.3 is 5.97 Å². The Hall–Kier alpha value is -1.68. The highest BCUT2D eigenvalue weighted by Crippen LogP contribution is 2.21. The molecule has 1 rings (SSSR count). The van der Waals surface area contributed by atoms with Gasteiger partial charge in [0.1, 0.15) is 0 Å². The van der Waals surface area contributed by atoms with Crippen LogP contribution in [0.2, 0.25) is 0 Å². The van der Waals surface area contributed by atoms with E-state index in [0.717, 1.165) is 6.07 Å². The third kappa shape index (κ3) is 4.95. The molecular formula is C13H20N2O6S. The second kappa shape index (κ2) is 8.08. The number of anilines is 1. The molecule has 1 atom stereocenters. The average molecular weight is 332 g/mol. The first-order chi connectivity index (χ1) is 10.3. The van der Waals surface area contributed by atoms with E-state index in [2.05, 4.69) is 10.0 Å².